The third kappa shape index (κ3) is 5.23. The number of nitrogens with zero attached hydrogens (tertiary/aromatic N) is 3. The zero-order valence-electron chi connectivity index (χ0n) is 19.3. The number of esters is 1. The number of rotatable bonds is 6. The summed E-state index contributed by atoms with van der Waals surface area (Å²) in [4.78, 5) is 17.9. The highest BCUT2D eigenvalue weighted by Crippen LogP contribution is 2.41. The van der Waals surface area contributed by atoms with Gasteiger partial charge in [0.1, 0.15) is 30.8 Å². The Labute approximate surface area is 217 Å². The van der Waals surface area contributed by atoms with Crippen LogP contribution in [0, 0.1) is 0 Å². The van der Waals surface area contributed by atoms with Crippen molar-refractivity contribution in [3.63, 3.8) is 0 Å². The Morgan fingerprint density at radius 2 is 1.94 bits per heavy atom. The van der Waals surface area contributed by atoms with Gasteiger partial charge < -0.3 is 14.8 Å². The molecular formula is C26H26BrClN4O3. The maximum absolute atomic E-state index is 13.6. The summed E-state index contributed by atoms with van der Waals surface area (Å²) in [5.41, 5.74) is 2.97. The largest absolute Gasteiger partial charge is 0.489 e. The van der Waals surface area contributed by atoms with Crippen molar-refractivity contribution < 1.29 is 14.3 Å². The van der Waals surface area contributed by atoms with E-state index in [1.165, 1.54) is 12.7 Å². The monoisotopic (exact) mass is 556 g/mol. The lowest BCUT2D eigenvalue weighted by molar-refractivity contribution is -0.146. The Hall–Kier alpha value is -2.84. The topological polar surface area (TPSA) is 78.3 Å². The van der Waals surface area contributed by atoms with Gasteiger partial charge in [0, 0.05) is 20.8 Å². The molecule has 0 bridgehead atoms. The lowest BCUT2D eigenvalue weighted by Gasteiger charge is -2.31. The normalized spacial score (nSPS) is 18.1. The van der Waals surface area contributed by atoms with E-state index < -0.39 is 6.04 Å². The molecule has 1 saturated carbocycles. The zero-order chi connectivity index (χ0) is 24.4. The van der Waals surface area contributed by atoms with Crippen molar-refractivity contribution in [3.05, 3.63) is 80.7 Å². The van der Waals surface area contributed by atoms with Crippen molar-refractivity contribution in [2.75, 3.05) is 5.32 Å². The standard InChI is InChI=1S/C26H26BrClN4O3/c1-16-23(25(33)35-20-5-3-2-4-6-20)24(32-26(31-16)29-15-30-32)21-13-18(27)9-12-22(21)34-14-17-7-10-19(28)11-8-17/h7-13,15,20,24H,2-6,14H2,1H3,(H,29,30,31). The predicted molar refractivity (Wildman–Crippen MR) is 137 cm³/mol. The van der Waals surface area contributed by atoms with E-state index in [-0.39, 0.29) is 12.1 Å². The molecule has 2 heterocycles. The van der Waals surface area contributed by atoms with Gasteiger partial charge in [-0.05, 0) is 68.5 Å². The Morgan fingerprint density at radius 1 is 1.17 bits per heavy atom. The molecule has 1 fully saturated rings. The molecule has 2 aliphatic rings. The number of carbonyl (C=O) groups is 1. The second kappa shape index (κ2) is 10.4. The molecule has 1 atom stereocenters. The van der Waals surface area contributed by atoms with Crippen molar-refractivity contribution in [2.24, 2.45) is 0 Å². The van der Waals surface area contributed by atoms with Gasteiger partial charge >= 0.3 is 5.97 Å². The lowest BCUT2D eigenvalue weighted by Crippen LogP contribution is -2.32. The molecule has 1 aliphatic carbocycles. The molecule has 7 nitrogen and oxygen atoms in total. The van der Waals surface area contributed by atoms with Crippen LogP contribution in [0.4, 0.5) is 5.95 Å². The van der Waals surface area contributed by atoms with Crippen LogP contribution in [-0.4, -0.2) is 26.8 Å². The highest BCUT2D eigenvalue weighted by molar-refractivity contribution is 9.10. The molecule has 0 amide bonds. The van der Waals surface area contributed by atoms with Crippen LogP contribution in [0.25, 0.3) is 0 Å². The minimum absolute atomic E-state index is 0.0579. The summed E-state index contributed by atoms with van der Waals surface area (Å²) >= 11 is 9.61. The number of fused-ring (bicyclic) bond motifs is 1. The molecule has 0 saturated heterocycles. The van der Waals surface area contributed by atoms with E-state index in [0.717, 1.165) is 41.3 Å². The summed E-state index contributed by atoms with van der Waals surface area (Å²) in [5.74, 6) is 0.870. The number of hydrogen-bond donors (Lipinski definition) is 1. The van der Waals surface area contributed by atoms with E-state index >= 15 is 0 Å². The number of nitrogens with one attached hydrogen (secondary N) is 1. The highest BCUT2D eigenvalue weighted by Gasteiger charge is 2.37. The summed E-state index contributed by atoms with van der Waals surface area (Å²) in [5, 5.41) is 8.33. The highest BCUT2D eigenvalue weighted by atomic mass is 79.9. The lowest BCUT2D eigenvalue weighted by atomic mass is 9.94. The number of allylic oxidation sites excluding steroid dienone is 1. The molecule has 1 aromatic heterocycles. The molecule has 5 rings (SSSR count). The van der Waals surface area contributed by atoms with Gasteiger partial charge in [0.15, 0.2) is 0 Å². The molecule has 182 valence electrons. The van der Waals surface area contributed by atoms with Crippen LogP contribution in [0.15, 0.2) is 64.5 Å². The van der Waals surface area contributed by atoms with Crippen LogP contribution in [0.2, 0.25) is 5.02 Å². The van der Waals surface area contributed by atoms with Gasteiger partial charge in [0.2, 0.25) is 5.95 Å². The quantitative estimate of drug-likeness (QED) is 0.352. The van der Waals surface area contributed by atoms with Crippen LogP contribution < -0.4 is 10.1 Å². The molecular weight excluding hydrogens is 532 g/mol. The molecule has 3 aromatic rings. The van der Waals surface area contributed by atoms with Crippen molar-refractivity contribution in [1.29, 1.82) is 0 Å². The Balaban J connectivity index is 1.50. The Bertz CT molecular complexity index is 1250. The van der Waals surface area contributed by atoms with E-state index in [2.05, 4.69) is 31.3 Å². The zero-order valence-corrected chi connectivity index (χ0v) is 21.7. The van der Waals surface area contributed by atoms with Crippen LogP contribution in [0.1, 0.15) is 56.2 Å². The second-order valence-electron chi connectivity index (χ2n) is 8.86. The third-order valence-corrected chi connectivity index (χ3v) is 7.16. The van der Waals surface area contributed by atoms with Crippen molar-refractivity contribution >= 4 is 39.4 Å². The predicted octanol–water partition coefficient (Wildman–Crippen LogP) is 6.44. The van der Waals surface area contributed by atoms with E-state index in [4.69, 9.17) is 21.1 Å². The van der Waals surface area contributed by atoms with Gasteiger partial charge in [-0.1, -0.05) is 46.1 Å². The molecule has 2 aromatic carbocycles. The number of aromatic nitrogens is 3. The summed E-state index contributed by atoms with van der Waals surface area (Å²) in [6, 6.07) is 12.7. The number of hydrogen-bond acceptors (Lipinski definition) is 6. The van der Waals surface area contributed by atoms with Gasteiger partial charge in [-0.2, -0.15) is 10.1 Å². The molecule has 1 aliphatic heterocycles. The summed E-state index contributed by atoms with van der Waals surface area (Å²) in [6.45, 7) is 2.22. The van der Waals surface area contributed by atoms with E-state index in [1.807, 2.05) is 49.4 Å². The van der Waals surface area contributed by atoms with Gasteiger partial charge in [-0.15, -0.1) is 0 Å². The van der Waals surface area contributed by atoms with E-state index in [9.17, 15) is 4.79 Å². The van der Waals surface area contributed by atoms with Crippen LogP contribution in [0.5, 0.6) is 5.75 Å². The molecule has 0 radical (unpaired) electrons. The number of halogens is 2. The Morgan fingerprint density at radius 3 is 2.71 bits per heavy atom. The first-order valence-electron chi connectivity index (χ1n) is 11.7. The number of carbonyl (C=O) groups excluding carboxylic acids is 1. The molecule has 0 spiro atoms. The van der Waals surface area contributed by atoms with Gasteiger partial charge in [0.25, 0.3) is 0 Å². The summed E-state index contributed by atoms with van der Waals surface area (Å²) in [7, 11) is 0. The Kier molecular flexibility index (Phi) is 7.11. The maximum Gasteiger partial charge on any atom is 0.338 e. The fraction of sp³-hybridized carbons (Fsp3) is 0.346. The smallest absolute Gasteiger partial charge is 0.338 e. The fourth-order valence-electron chi connectivity index (χ4n) is 4.65. The second-order valence-corrected chi connectivity index (χ2v) is 10.2. The van der Waals surface area contributed by atoms with Gasteiger partial charge in [-0.3, -0.25) is 0 Å². The van der Waals surface area contributed by atoms with Crippen LogP contribution >= 0.6 is 27.5 Å². The number of ether oxygens (including phenoxy) is 2. The SMILES string of the molecule is CC1=C(C(=O)OC2CCCCC2)C(c2cc(Br)ccc2OCc2ccc(Cl)cc2)n2ncnc2N1. The maximum atomic E-state index is 13.6. The fourth-order valence-corrected chi connectivity index (χ4v) is 5.15. The molecule has 35 heavy (non-hydrogen) atoms. The first kappa shape index (κ1) is 23.9. The minimum Gasteiger partial charge on any atom is -0.489 e. The van der Waals surface area contributed by atoms with Crippen molar-refractivity contribution in [3.8, 4) is 5.75 Å². The average Bonchev–Trinajstić information content (AvgIpc) is 3.32. The summed E-state index contributed by atoms with van der Waals surface area (Å²) in [6.07, 6.45) is 6.57. The number of benzene rings is 2. The summed E-state index contributed by atoms with van der Waals surface area (Å²) < 4.78 is 14.8. The minimum atomic E-state index is -0.553. The first-order valence-corrected chi connectivity index (χ1v) is 12.9. The number of anilines is 1. The first-order chi connectivity index (χ1) is 17.0. The average molecular weight is 558 g/mol. The molecule has 1 N–H and O–H groups in total. The van der Waals surface area contributed by atoms with Gasteiger partial charge in [-0.25, -0.2) is 9.48 Å². The van der Waals surface area contributed by atoms with Crippen LogP contribution in [-0.2, 0) is 16.1 Å². The van der Waals surface area contributed by atoms with Crippen LogP contribution in [0.3, 0.4) is 0 Å². The molecule has 1 unspecified atom stereocenters. The van der Waals surface area contributed by atoms with E-state index in [0.29, 0.717) is 34.6 Å². The third-order valence-electron chi connectivity index (χ3n) is 6.41. The van der Waals surface area contributed by atoms with Crippen molar-refractivity contribution in [2.45, 2.75) is 57.8 Å². The van der Waals surface area contributed by atoms with Gasteiger partial charge in [0.05, 0.1) is 5.57 Å². The van der Waals surface area contributed by atoms with E-state index in [1.54, 1.807) is 4.68 Å². The molecule has 9 heteroatoms. The van der Waals surface area contributed by atoms with Crippen molar-refractivity contribution in [1.82, 2.24) is 14.8 Å².